The molecule has 3 aromatic rings. The molecule has 0 atom stereocenters. The summed E-state index contributed by atoms with van der Waals surface area (Å²) in [7, 11) is 0. The summed E-state index contributed by atoms with van der Waals surface area (Å²) in [6, 6.07) is 15.0. The zero-order chi connectivity index (χ0) is 19.3. The van der Waals surface area contributed by atoms with Gasteiger partial charge in [0.05, 0.1) is 11.9 Å². The molecule has 1 heterocycles. The quantitative estimate of drug-likeness (QED) is 0.751. The Morgan fingerprint density at radius 2 is 1.65 bits per heavy atom. The van der Waals surface area contributed by atoms with Crippen LogP contribution < -0.4 is 5.43 Å². The molecule has 0 amide bonds. The highest BCUT2D eigenvalue weighted by molar-refractivity contribution is 5.85. The van der Waals surface area contributed by atoms with E-state index in [1.165, 1.54) is 4.68 Å². The average Bonchev–Trinajstić information content (AvgIpc) is 2.66. The van der Waals surface area contributed by atoms with Gasteiger partial charge in [-0.2, -0.15) is 5.10 Å². The van der Waals surface area contributed by atoms with E-state index in [1.807, 2.05) is 57.2 Å². The van der Waals surface area contributed by atoms with E-state index >= 15 is 0 Å². The molecule has 134 valence electrons. The Kier molecular flexibility index (Phi) is 5.90. The van der Waals surface area contributed by atoms with Crippen molar-refractivity contribution in [3.05, 3.63) is 76.2 Å². The second-order valence-corrected chi connectivity index (χ2v) is 5.32. The summed E-state index contributed by atoms with van der Waals surface area (Å²) >= 11 is 0. The summed E-state index contributed by atoms with van der Waals surface area (Å²) in [4.78, 5) is 22.8. The highest BCUT2D eigenvalue weighted by Gasteiger charge is 2.17. The first kappa shape index (κ1) is 18.9. The Hall–Kier alpha value is -3.41. The number of aromatic hydroxyl groups is 1. The number of hydrogen-bond donors (Lipinski definition) is 2. The summed E-state index contributed by atoms with van der Waals surface area (Å²) in [5.41, 5.74) is 1.64. The van der Waals surface area contributed by atoms with Gasteiger partial charge in [-0.1, -0.05) is 61.9 Å². The molecule has 0 unspecified atom stereocenters. The molecular formula is C20H20N2O4. The van der Waals surface area contributed by atoms with Gasteiger partial charge in [0, 0.05) is 5.56 Å². The monoisotopic (exact) mass is 352 g/mol. The molecule has 0 saturated carbocycles. The number of carboxylic acid groups (broad SMARTS) is 1. The van der Waals surface area contributed by atoms with Gasteiger partial charge >= 0.3 is 5.97 Å². The van der Waals surface area contributed by atoms with Crippen molar-refractivity contribution in [2.45, 2.75) is 20.8 Å². The fourth-order valence-corrected chi connectivity index (χ4v) is 2.39. The van der Waals surface area contributed by atoms with Crippen LogP contribution in [0.1, 0.15) is 29.9 Å². The van der Waals surface area contributed by atoms with Crippen LogP contribution in [-0.2, 0) is 0 Å². The zero-order valence-corrected chi connectivity index (χ0v) is 14.8. The number of aryl methyl sites for hydroxylation is 1. The van der Waals surface area contributed by atoms with Crippen LogP contribution in [0.2, 0.25) is 0 Å². The largest absolute Gasteiger partial charge is 0.503 e. The first-order valence-corrected chi connectivity index (χ1v) is 8.20. The van der Waals surface area contributed by atoms with Gasteiger partial charge in [0.2, 0.25) is 5.69 Å². The molecule has 6 nitrogen and oxygen atoms in total. The third kappa shape index (κ3) is 3.80. The van der Waals surface area contributed by atoms with Crippen LogP contribution in [-0.4, -0.2) is 26.0 Å². The zero-order valence-electron chi connectivity index (χ0n) is 14.8. The topological polar surface area (TPSA) is 92.4 Å². The number of rotatable bonds is 3. The molecule has 6 heteroatoms. The Bertz CT molecular complexity index is 976. The maximum atomic E-state index is 11.7. The normalized spacial score (nSPS) is 9.96. The van der Waals surface area contributed by atoms with Gasteiger partial charge in [-0.15, -0.1) is 0 Å². The molecule has 0 saturated heterocycles. The SMILES string of the molecule is CC.Cc1ccc(-c2ccccc2-n2cc(O)c(=O)c(C(=O)O)n2)cc1. The van der Waals surface area contributed by atoms with Crippen LogP contribution in [0.4, 0.5) is 0 Å². The third-order valence-electron chi connectivity index (χ3n) is 3.62. The Morgan fingerprint density at radius 1 is 1.04 bits per heavy atom. The highest BCUT2D eigenvalue weighted by Crippen LogP contribution is 2.26. The fraction of sp³-hybridized carbons (Fsp3) is 0.150. The number of aromatic carboxylic acids is 1. The van der Waals surface area contributed by atoms with Crippen LogP contribution in [0.5, 0.6) is 5.75 Å². The van der Waals surface area contributed by atoms with E-state index in [0.29, 0.717) is 5.69 Å². The van der Waals surface area contributed by atoms with Crippen LogP contribution >= 0.6 is 0 Å². The fourth-order valence-electron chi connectivity index (χ4n) is 2.39. The number of nitrogens with zero attached hydrogens (tertiary/aromatic N) is 2. The molecule has 0 bridgehead atoms. The Balaban J connectivity index is 0.00000117. The molecule has 1 aromatic heterocycles. The van der Waals surface area contributed by atoms with Crippen LogP contribution in [0.15, 0.2) is 59.5 Å². The summed E-state index contributed by atoms with van der Waals surface area (Å²) in [6.45, 7) is 5.98. The third-order valence-corrected chi connectivity index (χ3v) is 3.62. The predicted molar refractivity (Wildman–Crippen MR) is 100.0 cm³/mol. The average molecular weight is 352 g/mol. The lowest BCUT2D eigenvalue weighted by Crippen LogP contribution is -2.21. The maximum absolute atomic E-state index is 11.7. The van der Waals surface area contributed by atoms with E-state index in [9.17, 15) is 14.7 Å². The lowest BCUT2D eigenvalue weighted by atomic mass is 10.0. The van der Waals surface area contributed by atoms with Crippen molar-refractivity contribution in [1.29, 1.82) is 0 Å². The molecule has 0 spiro atoms. The van der Waals surface area contributed by atoms with Gasteiger partial charge in [-0.05, 0) is 18.6 Å². The summed E-state index contributed by atoms with van der Waals surface area (Å²) in [5.74, 6) is -2.15. The lowest BCUT2D eigenvalue weighted by Gasteiger charge is -2.12. The van der Waals surface area contributed by atoms with E-state index in [2.05, 4.69) is 5.10 Å². The summed E-state index contributed by atoms with van der Waals surface area (Å²) < 4.78 is 1.20. The number of carbonyl (C=O) groups is 1. The molecule has 2 aromatic carbocycles. The molecule has 0 fully saturated rings. The Morgan fingerprint density at radius 3 is 2.27 bits per heavy atom. The first-order chi connectivity index (χ1) is 12.5. The van der Waals surface area contributed by atoms with Gasteiger partial charge in [0.15, 0.2) is 5.75 Å². The second kappa shape index (κ2) is 8.11. The highest BCUT2D eigenvalue weighted by atomic mass is 16.4. The molecule has 3 rings (SSSR count). The van der Waals surface area contributed by atoms with Gasteiger partial charge in [0.25, 0.3) is 5.43 Å². The Labute approximate surface area is 151 Å². The van der Waals surface area contributed by atoms with Crippen molar-refractivity contribution in [3.63, 3.8) is 0 Å². The lowest BCUT2D eigenvalue weighted by molar-refractivity contribution is 0.0686. The van der Waals surface area contributed by atoms with Crippen molar-refractivity contribution in [2.24, 2.45) is 0 Å². The predicted octanol–water partition coefficient (Wildman–Crippen LogP) is 3.64. The summed E-state index contributed by atoms with van der Waals surface area (Å²) in [6.07, 6.45) is 1.11. The molecule has 26 heavy (non-hydrogen) atoms. The van der Waals surface area contributed by atoms with Gasteiger partial charge in [-0.25, -0.2) is 9.48 Å². The molecule has 0 aliphatic carbocycles. The number of hydrogen-bond acceptors (Lipinski definition) is 4. The number of carboxylic acids is 1. The van der Waals surface area contributed by atoms with Crippen molar-refractivity contribution < 1.29 is 15.0 Å². The number of benzene rings is 2. The number of aromatic nitrogens is 2. The minimum atomic E-state index is -1.49. The molecular weight excluding hydrogens is 332 g/mol. The minimum Gasteiger partial charge on any atom is -0.503 e. The van der Waals surface area contributed by atoms with Crippen molar-refractivity contribution in [2.75, 3.05) is 0 Å². The van der Waals surface area contributed by atoms with Crippen LogP contribution in [0.3, 0.4) is 0 Å². The van der Waals surface area contributed by atoms with E-state index < -0.39 is 22.8 Å². The molecule has 0 aliphatic heterocycles. The standard InChI is InChI=1S/C18H14N2O4.C2H6/c1-11-6-8-12(9-7-11)13-4-2-3-5-14(13)20-10-15(21)17(22)16(19-20)18(23)24;1-2/h2-10,21H,1H3,(H,23,24);1-2H3. The van der Waals surface area contributed by atoms with E-state index in [-0.39, 0.29) is 0 Å². The minimum absolute atomic E-state index is 0.555. The van der Waals surface area contributed by atoms with Crippen molar-refractivity contribution in [1.82, 2.24) is 9.78 Å². The number of para-hydroxylation sites is 1. The molecule has 0 aliphatic rings. The second-order valence-electron chi connectivity index (χ2n) is 5.32. The van der Waals surface area contributed by atoms with E-state index in [0.717, 1.165) is 22.9 Å². The van der Waals surface area contributed by atoms with E-state index in [1.54, 1.807) is 12.1 Å². The van der Waals surface area contributed by atoms with E-state index in [4.69, 9.17) is 5.11 Å². The first-order valence-electron chi connectivity index (χ1n) is 8.20. The van der Waals surface area contributed by atoms with Gasteiger partial charge in [-0.3, -0.25) is 4.79 Å². The maximum Gasteiger partial charge on any atom is 0.360 e. The van der Waals surface area contributed by atoms with Crippen molar-refractivity contribution >= 4 is 5.97 Å². The van der Waals surface area contributed by atoms with Crippen LogP contribution in [0.25, 0.3) is 16.8 Å². The molecule has 0 radical (unpaired) electrons. The smallest absolute Gasteiger partial charge is 0.360 e. The molecule has 2 N–H and O–H groups in total. The summed E-state index contributed by atoms with van der Waals surface area (Å²) in [5, 5.41) is 22.7. The van der Waals surface area contributed by atoms with Gasteiger partial charge < -0.3 is 10.2 Å². The van der Waals surface area contributed by atoms with Crippen molar-refractivity contribution in [3.8, 4) is 22.6 Å². The van der Waals surface area contributed by atoms with Crippen LogP contribution in [0, 0.1) is 6.92 Å². The van der Waals surface area contributed by atoms with Gasteiger partial charge in [0.1, 0.15) is 0 Å².